The number of nitrogens with one attached hydrogen (secondary N) is 2. The Labute approximate surface area is 155 Å². The topological polar surface area (TPSA) is 67.2 Å². The second kappa shape index (κ2) is 8.01. The third-order valence-electron chi connectivity index (χ3n) is 3.71. The van der Waals surface area contributed by atoms with Crippen molar-refractivity contribution in [3.05, 3.63) is 70.8 Å². The highest BCUT2D eigenvalue weighted by Gasteiger charge is 2.12. The molecule has 0 unspecified atom stereocenters. The number of carbonyl (C=O) groups is 1. The average molecular weight is 374 g/mol. The Kier molecular flexibility index (Phi) is 5.53. The van der Waals surface area contributed by atoms with Gasteiger partial charge in [0.05, 0.1) is 5.69 Å². The molecule has 0 radical (unpaired) electrons. The van der Waals surface area contributed by atoms with Gasteiger partial charge < -0.3 is 15.1 Å². The van der Waals surface area contributed by atoms with Gasteiger partial charge >= 0.3 is 6.03 Å². The van der Waals surface area contributed by atoms with E-state index < -0.39 is 0 Å². The van der Waals surface area contributed by atoms with Crippen LogP contribution in [0.2, 0.25) is 5.02 Å². The Bertz CT molecular complexity index is 909. The summed E-state index contributed by atoms with van der Waals surface area (Å²) in [4.78, 5) is 16.3. The van der Waals surface area contributed by atoms with Gasteiger partial charge in [0, 0.05) is 29.2 Å². The minimum Gasteiger partial charge on any atom is -0.441 e. The minimum atomic E-state index is -0.327. The van der Waals surface area contributed by atoms with Crippen molar-refractivity contribution < 1.29 is 13.6 Å². The molecule has 0 spiro atoms. The molecule has 1 heterocycles. The Morgan fingerprint density at radius 1 is 1.23 bits per heavy atom. The van der Waals surface area contributed by atoms with Crippen LogP contribution in [-0.2, 0) is 6.42 Å². The molecule has 2 N–H and O–H groups in total. The van der Waals surface area contributed by atoms with Gasteiger partial charge in [-0.1, -0.05) is 17.7 Å². The third-order valence-corrected chi connectivity index (χ3v) is 3.95. The van der Waals surface area contributed by atoms with Crippen LogP contribution >= 0.6 is 11.6 Å². The number of aromatic nitrogens is 1. The van der Waals surface area contributed by atoms with Gasteiger partial charge in [-0.3, -0.25) is 0 Å². The molecule has 0 saturated heterocycles. The van der Waals surface area contributed by atoms with Crippen LogP contribution in [0.15, 0.2) is 52.9 Å². The summed E-state index contributed by atoms with van der Waals surface area (Å²) in [6.45, 7) is 2.20. The van der Waals surface area contributed by atoms with Crippen LogP contribution in [0.5, 0.6) is 0 Å². The summed E-state index contributed by atoms with van der Waals surface area (Å²) < 4.78 is 18.6. The minimum absolute atomic E-state index is 0.313. The van der Waals surface area contributed by atoms with Crippen LogP contribution in [0.25, 0.3) is 11.5 Å². The summed E-state index contributed by atoms with van der Waals surface area (Å²) in [6.07, 6.45) is 0.513. The number of urea groups is 1. The number of oxazole rings is 1. The first-order valence-corrected chi connectivity index (χ1v) is 8.42. The van der Waals surface area contributed by atoms with Gasteiger partial charge in [-0.15, -0.1) is 0 Å². The maximum atomic E-state index is 13.0. The van der Waals surface area contributed by atoms with E-state index >= 15 is 0 Å². The number of hydrogen-bond donors (Lipinski definition) is 2. The molecule has 0 aliphatic rings. The van der Waals surface area contributed by atoms with Gasteiger partial charge in [0.2, 0.25) is 5.89 Å². The molecular weight excluding hydrogens is 357 g/mol. The molecule has 0 saturated carbocycles. The molecule has 3 rings (SSSR count). The zero-order valence-corrected chi connectivity index (χ0v) is 14.8. The van der Waals surface area contributed by atoms with Crippen LogP contribution in [0.3, 0.4) is 0 Å². The molecule has 5 nitrogen and oxygen atoms in total. The van der Waals surface area contributed by atoms with E-state index in [0.29, 0.717) is 40.9 Å². The lowest BCUT2D eigenvalue weighted by Crippen LogP contribution is -2.30. The number of amides is 2. The second-order valence-electron chi connectivity index (χ2n) is 5.67. The van der Waals surface area contributed by atoms with Crippen LogP contribution in [-0.4, -0.2) is 17.6 Å². The molecule has 134 valence electrons. The number of hydrogen-bond acceptors (Lipinski definition) is 3. The molecule has 7 heteroatoms. The Morgan fingerprint density at radius 2 is 2.00 bits per heavy atom. The highest BCUT2D eigenvalue weighted by Crippen LogP contribution is 2.22. The molecule has 0 bridgehead atoms. The van der Waals surface area contributed by atoms with Crippen molar-refractivity contribution in [2.24, 2.45) is 0 Å². The van der Waals surface area contributed by atoms with Crippen LogP contribution in [0.4, 0.5) is 14.9 Å². The first kappa shape index (κ1) is 17.9. The SMILES string of the molecule is Cc1oc(-c2ccc(F)cc2)nc1CCNC(=O)Nc1cccc(Cl)c1. The molecule has 0 fully saturated rings. The lowest BCUT2D eigenvalue weighted by atomic mass is 10.2. The standard InChI is InChI=1S/C19H17ClFN3O2/c1-12-17(24-18(26-12)13-5-7-15(21)8-6-13)9-10-22-19(25)23-16-4-2-3-14(20)11-16/h2-8,11H,9-10H2,1H3,(H2,22,23,25). The van der Waals surface area contributed by atoms with Crippen molar-refractivity contribution in [2.75, 3.05) is 11.9 Å². The smallest absolute Gasteiger partial charge is 0.319 e. The number of nitrogens with zero attached hydrogens (tertiary/aromatic N) is 1. The number of anilines is 1. The predicted molar refractivity (Wildman–Crippen MR) is 98.8 cm³/mol. The first-order valence-electron chi connectivity index (χ1n) is 8.04. The zero-order chi connectivity index (χ0) is 18.5. The number of carbonyl (C=O) groups excluding carboxylic acids is 1. The molecule has 0 aliphatic heterocycles. The van der Waals surface area contributed by atoms with Gasteiger partial charge in [0.25, 0.3) is 0 Å². The van der Waals surface area contributed by atoms with Gasteiger partial charge in [-0.05, 0) is 49.4 Å². The number of rotatable bonds is 5. The molecule has 0 aliphatic carbocycles. The highest BCUT2D eigenvalue weighted by atomic mass is 35.5. The molecular formula is C19H17ClFN3O2. The van der Waals surface area contributed by atoms with Crippen molar-refractivity contribution >= 4 is 23.3 Å². The number of aryl methyl sites for hydroxylation is 1. The van der Waals surface area contributed by atoms with E-state index in [1.807, 2.05) is 0 Å². The van der Waals surface area contributed by atoms with E-state index in [4.69, 9.17) is 16.0 Å². The van der Waals surface area contributed by atoms with E-state index in [1.54, 1.807) is 43.3 Å². The molecule has 2 amide bonds. The van der Waals surface area contributed by atoms with Gasteiger partial charge in [-0.2, -0.15) is 0 Å². The Balaban J connectivity index is 1.55. The van der Waals surface area contributed by atoms with Crippen molar-refractivity contribution in [3.8, 4) is 11.5 Å². The van der Waals surface area contributed by atoms with Gasteiger partial charge in [0.15, 0.2) is 0 Å². The lowest BCUT2D eigenvalue weighted by molar-refractivity contribution is 0.252. The monoisotopic (exact) mass is 373 g/mol. The molecule has 2 aromatic carbocycles. The summed E-state index contributed by atoms with van der Waals surface area (Å²) in [5, 5.41) is 6.01. The molecule has 26 heavy (non-hydrogen) atoms. The van der Waals surface area contributed by atoms with Crippen LogP contribution in [0.1, 0.15) is 11.5 Å². The summed E-state index contributed by atoms with van der Waals surface area (Å²) in [5.74, 6) is 0.787. The summed E-state index contributed by atoms with van der Waals surface area (Å²) in [5.41, 5.74) is 2.06. The molecule has 1 aromatic heterocycles. The fourth-order valence-corrected chi connectivity index (χ4v) is 2.60. The molecule has 0 atom stereocenters. The van der Waals surface area contributed by atoms with Crippen molar-refractivity contribution in [3.63, 3.8) is 0 Å². The van der Waals surface area contributed by atoms with Crippen LogP contribution < -0.4 is 10.6 Å². The highest BCUT2D eigenvalue weighted by molar-refractivity contribution is 6.30. The van der Waals surface area contributed by atoms with Gasteiger partial charge in [0.1, 0.15) is 11.6 Å². The summed E-state index contributed by atoms with van der Waals surface area (Å²) in [6, 6.07) is 12.5. The quantitative estimate of drug-likeness (QED) is 0.674. The normalized spacial score (nSPS) is 10.6. The zero-order valence-electron chi connectivity index (χ0n) is 14.1. The van der Waals surface area contributed by atoms with Gasteiger partial charge in [-0.25, -0.2) is 14.2 Å². The van der Waals surface area contributed by atoms with Crippen molar-refractivity contribution in [2.45, 2.75) is 13.3 Å². The predicted octanol–water partition coefficient (Wildman–Crippen LogP) is 4.81. The fourth-order valence-electron chi connectivity index (χ4n) is 2.41. The Morgan fingerprint density at radius 3 is 2.73 bits per heavy atom. The fraction of sp³-hybridized carbons (Fsp3) is 0.158. The Hall–Kier alpha value is -2.86. The van der Waals surface area contributed by atoms with Crippen molar-refractivity contribution in [1.82, 2.24) is 10.3 Å². The first-order chi connectivity index (χ1) is 12.5. The largest absolute Gasteiger partial charge is 0.441 e. The van der Waals surface area contributed by atoms with Crippen molar-refractivity contribution in [1.29, 1.82) is 0 Å². The second-order valence-corrected chi connectivity index (χ2v) is 6.11. The van der Waals surface area contributed by atoms with E-state index in [-0.39, 0.29) is 11.8 Å². The third kappa shape index (κ3) is 4.61. The molecule has 3 aromatic rings. The van der Waals surface area contributed by atoms with E-state index in [2.05, 4.69) is 15.6 Å². The maximum Gasteiger partial charge on any atom is 0.319 e. The summed E-state index contributed by atoms with van der Waals surface area (Å²) in [7, 11) is 0. The van der Waals surface area contributed by atoms with E-state index in [0.717, 1.165) is 5.69 Å². The lowest BCUT2D eigenvalue weighted by Gasteiger charge is -2.07. The van der Waals surface area contributed by atoms with Crippen LogP contribution in [0, 0.1) is 12.7 Å². The maximum absolute atomic E-state index is 13.0. The average Bonchev–Trinajstić information content (AvgIpc) is 2.96. The summed E-state index contributed by atoms with van der Waals surface area (Å²) >= 11 is 5.88. The van der Waals surface area contributed by atoms with E-state index in [9.17, 15) is 9.18 Å². The van der Waals surface area contributed by atoms with E-state index in [1.165, 1.54) is 12.1 Å². The number of benzene rings is 2. The number of halogens is 2.